The highest BCUT2D eigenvalue weighted by Crippen LogP contribution is 2.25. The second-order valence-electron chi connectivity index (χ2n) is 6.51. The van der Waals surface area contributed by atoms with Gasteiger partial charge in [0.2, 0.25) is 5.91 Å². The van der Waals surface area contributed by atoms with Gasteiger partial charge in [0.15, 0.2) is 0 Å². The first-order valence-corrected chi connectivity index (χ1v) is 8.21. The number of anilines is 1. The summed E-state index contributed by atoms with van der Waals surface area (Å²) in [6, 6.07) is 6.11. The van der Waals surface area contributed by atoms with Crippen molar-refractivity contribution in [3.63, 3.8) is 0 Å². The van der Waals surface area contributed by atoms with E-state index in [2.05, 4.69) is 5.32 Å². The maximum atomic E-state index is 12.3. The van der Waals surface area contributed by atoms with E-state index in [9.17, 15) is 9.90 Å². The molecule has 1 aliphatic carbocycles. The number of nitrogens with one attached hydrogen (secondary N) is 1. The lowest BCUT2D eigenvalue weighted by molar-refractivity contribution is -0.129. The minimum Gasteiger partial charge on any atom is -0.393 e. The number of aliphatic hydroxyl groups excluding tert-OH is 1. The molecule has 22 heavy (non-hydrogen) atoms. The van der Waals surface area contributed by atoms with Gasteiger partial charge in [0.1, 0.15) is 0 Å². The quantitative estimate of drug-likeness (QED) is 0.879. The molecule has 0 bridgehead atoms. The van der Waals surface area contributed by atoms with Gasteiger partial charge in [-0.15, -0.1) is 0 Å². The number of carbonyl (C=O) groups excluding carboxylic acids is 1. The van der Waals surface area contributed by atoms with Gasteiger partial charge in [-0.2, -0.15) is 0 Å². The molecule has 1 aromatic carbocycles. The van der Waals surface area contributed by atoms with Crippen molar-refractivity contribution in [2.75, 3.05) is 25.5 Å². The van der Waals surface area contributed by atoms with Crippen LogP contribution in [-0.4, -0.2) is 42.2 Å². The number of para-hydroxylation sites is 1. The van der Waals surface area contributed by atoms with Crippen molar-refractivity contribution in [3.05, 3.63) is 29.3 Å². The number of likely N-dealkylation sites (N-methyl/N-ethyl adjacent to an activating group) is 1. The lowest BCUT2D eigenvalue weighted by Crippen LogP contribution is -2.40. The fourth-order valence-electron chi connectivity index (χ4n) is 3.25. The van der Waals surface area contributed by atoms with Gasteiger partial charge in [0.25, 0.3) is 0 Å². The van der Waals surface area contributed by atoms with Crippen LogP contribution in [0.5, 0.6) is 0 Å². The summed E-state index contributed by atoms with van der Waals surface area (Å²) in [7, 11) is 1.83. The second kappa shape index (κ2) is 7.63. The number of hydrogen-bond acceptors (Lipinski definition) is 3. The smallest absolute Gasteiger partial charge is 0.241 e. The zero-order chi connectivity index (χ0) is 16.1. The zero-order valence-electron chi connectivity index (χ0n) is 13.9. The van der Waals surface area contributed by atoms with E-state index in [0.29, 0.717) is 13.1 Å². The van der Waals surface area contributed by atoms with Gasteiger partial charge in [-0.25, -0.2) is 0 Å². The molecule has 1 aromatic rings. The zero-order valence-corrected chi connectivity index (χ0v) is 13.9. The molecule has 4 heteroatoms. The number of benzene rings is 1. The van der Waals surface area contributed by atoms with Crippen molar-refractivity contribution in [2.45, 2.75) is 45.6 Å². The second-order valence-corrected chi connectivity index (χ2v) is 6.51. The molecule has 0 aromatic heterocycles. The fraction of sp³-hybridized carbons (Fsp3) is 0.611. The first-order valence-electron chi connectivity index (χ1n) is 8.21. The van der Waals surface area contributed by atoms with Crippen LogP contribution in [0.15, 0.2) is 18.2 Å². The molecule has 2 unspecified atom stereocenters. The molecule has 1 fully saturated rings. The van der Waals surface area contributed by atoms with Crippen molar-refractivity contribution in [2.24, 2.45) is 5.92 Å². The summed E-state index contributed by atoms with van der Waals surface area (Å²) in [6.07, 6.45) is 3.89. The Balaban J connectivity index is 1.86. The Morgan fingerprint density at radius 1 is 1.27 bits per heavy atom. The molecule has 1 aliphatic rings. The predicted octanol–water partition coefficient (Wildman–Crippen LogP) is 2.72. The minimum absolute atomic E-state index is 0.0698. The molecule has 0 radical (unpaired) electrons. The van der Waals surface area contributed by atoms with Crippen LogP contribution >= 0.6 is 0 Å². The maximum absolute atomic E-state index is 12.3. The molecule has 2 N–H and O–H groups in total. The molecule has 1 amide bonds. The van der Waals surface area contributed by atoms with Crippen LogP contribution in [0, 0.1) is 19.8 Å². The average Bonchev–Trinajstić information content (AvgIpc) is 2.48. The molecule has 0 heterocycles. The third-order valence-electron chi connectivity index (χ3n) is 4.70. The van der Waals surface area contributed by atoms with Crippen LogP contribution < -0.4 is 5.32 Å². The van der Waals surface area contributed by atoms with Crippen molar-refractivity contribution in [1.29, 1.82) is 0 Å². The number of aliphatic hydroxyl groups is 1. The third-order valence-corrected chi connectivity index (χ3v) is 4.70. The first-order chi connectivity index (χ1) is 10.5. The van der Waals surface area contributed by atoms with Crippen LogP contribution in [0.1, 0.15) is 36.8 Å². The molecular weight excluding hydrogens is 276 g/mol. The fourth-order valence-corrected chi connectivity index (χ4v) is 3.25. The van der Waals surface area contributed by atoms with E-state index in [1.807, 2.05) is 39.1 Å². The maximum Gasteiger partial charge on any atom is 0.241 e. The van der Waals surface area contributed by atoms with Crippen molar-refractivity contribution >= 4 is 11.6 Å². The van der Waals surface area contributed by atoms with Gasteiger partial charge in [-0.05, 0) is 37.8 Å². The molecule has 2 rings (SSSR count). The number of carbonyl (C=O) groups is 1. The molecule has 2 atom stereocenters. The largest absolute Gasteiger partial charge is 0.393 e. The van der Waals surface area contributed by atoms with Crippen LogP contribution in [0.4, 0.5) is 5.69 Å². The van der Waals surface area contributed by atoms with Crippen LogP contribution in [0.3, 0.4) is 0 Å². The molecule has 0 saturated heterocycles. The van der Waals surface area contributed by atoms with Gasteiger partial charge in [-0.3, -0.25) is 4.79 Å². The SMILES string of the molecule is Cc1cccc(C)c1NCC(=O)N(C)CC1CCCCC1O. The van der Waals surface area contributed by atoms with Gasteiger partial charge in [0, 0.05) is 25.2 Å². The first kappa shape index (κ1) is 16.8. The highest BCUT2D eigenvalue weighted by molar-refractivity contribution is 5.81. The standard InChI is InChI=1S/C18H28N2O2/c1-13-7-6-8-14(2)18(13)19-11-17(22)20(3)12-15-9-4-5-10-16(15)21/h6-8,15-16,19,21H,4-5,9-12H2,1-3H3. The highest BCUT2D eigenvalue weighted by atomic mass is 16.3. The number of aryl methyl sites for hydroxylation is 2. The van der Waals surface area contributed by atoms with Gasteiger partial charge < -0.3 is 15.3 Å². The number of hydrogen-bond donors (Lipinski definition) is 2. The van der Waals surface area contributed by atoms with E-state index < -0.39 is 0 Å². The predicted molar refractivity (Wildman–Crippen MR) is 90.0 cm³/mol. The lowest BCUT2D eigenvalue weighted by atomic mass is 9.86. The number of nitrogens with zero attached hydrogens (tertiary/aromatic N) is 1. The summed E-state index contributed by atoms with van der Waals surface area (Å²) >= 11 is 0. The van der Waals surface area contributed by atoms with Crippen molar-refractivity contribution in [3.8, 4) is 0 Å². The molecule has 122 valence electrons. The van der Waals surface area contributed by atoms with Crippen molar-refractivity contribution < 1.29 is 9.90 Å². The van der Waals surface area contributed by atoms with Crippen molar-refractivity contribution in [1.82, 2.24) is 4.90 Å². The Morgan fingerprint density at radius 2 is 1.91 bits per heavy atom. The topological polar surface area (TPSA) is 52.6 Å². The van der Waals surface area contributed by atoms with E-state index in [1.54, 1.807) is 4.90 Å². The Labute approximate surface area is 133 Å². The molecule has 4 nitrogen and oxygen atoms in total. The Bertz CT molecular complexity index is 496. The Hall–Kier alpha value is -1.55. The molecule has 0 aliphatic heterocycles. The van der Waals surface area contributed by atoms with Crippen LogP contribution in [-0.2, 0) is 4.79 Å². The summed E-state index contributed by atoms with van der Waals surface area (Å²) in [4.78, 5) is 14.1. The van der Waals surface area contributed by atoms with E-state index in [4.69, 9.17) is 0 Å². The summed E-state index contributed by atoms with van der Waals surface area (Å²) in [5.74, 6) is 0.295. The summed E-state index contributed by atoms with van der Waals surface area (Å²) in [6.45, 7) is 5.03. The van der Waals surface area contributed by atoms with Gasteiger partial charge in [0.05, 0.1) is 12.6 Å². The normalized spacial score (nSPS) is 21.5. The van der Waals surface area contributed by atoms with Crippen LogP contribution in [0.25, 0.3) is 0 Å². The minimum atomic E-state index is -0.254. The Kier molecular flexibility index (Phi) is 5.83. The monoisotopic (exact) mass is 304 g/mol. The Morgan fingerprint density at radius 3 is 2.55 bits per heavy atom. The number of amides is 1. The van der Waals surface area contributed by atoms with E-state index >= 15 is 0 Å². The van der Waals surface area contributed by atoms with Crippen LogP contribution in [0.2, 0.25) is 0 Å². The summed E-state index contributed by atoms with van der Waals surface area (Å²) < 4.78 is 0. The van der Waals surface area contributed by atoms with E-state index in [1.165, 1.54) is 0 Å². The van der Waals surface area contributed by atoms with Gasteiger partial charge in [-0.1, -0.05) is 31.0 Å². The summed E-state index contributed by atoms with van der Waals surface area (Å²) in [5.41, 5.74) is 3.35. The number of rotatable bonds is 5. The molecular formula is C18H28N2O2. The highest BCUT2D eigenvalue weighted by Gasteiger charge is 2.25. The van der Waals surface area contributed by atoms with Gasteiger partial charge >= 0.3 is 0 Å². The summed E-state index contributed by atoms with van der Waals surface area (Å²) in [5, 5.41) is 13.3. The van der Waals surface area contributed by atoms with E-state index in [0.717, 1.165) is 42.5 Å². The lowest BCUT2D eigenvalue weighted by Gasteiger charge is -2.31. The molecule has 1 saturated carbocycles. The third kappa shape index (κ3) is 4.23. The molecule has 0 spiro atoms. The average molecular weight is 304 g/mol. The van der Waals surface area contributed by atoms with E-state index in [-0.39, 0.29) is 17.9 Å².